The van der Waals surface area contributed by atoms with Crippen LogP contribution in [0.15, 0.2) is 24.3 Å². The lowest BCUT2D eigenvalue weighted by Crippen LogP contribution is -2.57. The molecule has 7 heteroatoms. The van der Waals surface area contributed by atoms with E-state index in [-0.39, 0.29) is 36.8 Å². The number of anilines is 1. The number of piperazine rings is 1. The van der Waals surface area contributed by atoms with Crippen LogP contribution in [0.3, 0.4) is 0 Å². The second-order valence-electron chi connectivity index (χ2n) is 5.39. The number of halogens is 3. The smallest absolute Gasteiger partial charge is 0.244 e. The average molecular weight is 367 g/mol. The molecule has 2 aliphatic heterocycles. The van der Waals surface area contributed by atoms with E-state index < -0.39 is 0 Å². The number of nitrogens with one attached hydrogen (secondary N) is 1. The highest BCUT2D eigenvalue weighted by Gasteiger charge is 2.34. The highest BCUT2D eigenvalue weighted by molar-refractivity contribution is 6.33. The van der Waals surface area contributed by atoms with Gasteiger partial charge in [-0.1, -0.05) is 23.7 Å². The number of hydrogen-bond acceptors (Lipinski definition) is 3. The van der Waals surface area contributed by atoms with Crippen LogP contribution in [0.5, 0.6) is 0 Å². The van der Waals surface area contributed by atoms with E-state index in [9.17, 15) is 4.79 Å². The van der Waals surface area contributed by atoms with Crippen LogP contribution >= 0.6 is 36.4 Å². The van der Waals surface area contributed by atoms with E-state index in [0.29, 0.717) is 5.02 Å². The van der Waals surface area contributed by atoms with Gasteiger partial charge in [-0.25, -0.2) is 0 Å². The molecule has 0 spiro atoms. The van der Waals surface area contributed by atoms with Gasteiger partial charge in [-0.2, -0.15) is 0 Å². The summed E-state index contributed by atoms with van der Waals surface area (Å²) < 4.78 is 0. The Labute approximate surface area is 149 Å². The largest absolute Gasteiger partial charge is 0.314 e. The van der Waals surface area contributed by atoms with Gasteiger partial charge in [0.2, 0.25) is 5.91 Å². The fourth-order valence-corrected chi connectivity index (χ4v) is 3.34. The van der Waals surface area contributed by atoms with E-state index in [0.717, 1.165) is 51.3 Å². The average Bonchev–Trinajstić information content (AvgIpc) is 2.49. The van der Waals surface area contributed by atoms with Crippen molar-refractivity contribution in [2.24, 2.45) is 0 Å². The summed E-state index contributed by atoms with van der Waals surface area (Å²) in [6, 6.07) is 7.62. The molecule has 1 N–H and O–H groups in total. The maximum absolute atomic E-state index is 12.8. The molecular formula is C15H22Cl3N3O. The van der Waals surface area contributed by atoms with Gasteiger partial charge in [-0.15, -0.1) is 24.8 Å². The summed E-state index contributed by atoms with van der Waals surface area (Å²) in [6.07, 6.45) is 1.99. The van der Waals surface area contributed by atoms with Crippen LogP contribution in [0.2, 0.25) is 5.02 Å². The molecule has 1 aromatic rings. The number of piperidine rings is 1. The van der Waals surface area contributed by atoms with Gasteiger partial charge in [0.1, 0.15) is 0 Å². The lowest BCUT2D eigenvalue weighted by Gasteiger charge is -2.40. The number of carbonyl (C=O) groups is 1. The summed E-state index contributed by atoms with van der Waals surface area (Å²) in [5.41, 5.74) is 0.846. The van der Waals surface area contributed by atoms with Crippen LogP contribution in [0.25, 0.3) is 0 Å². The van der Waals surface area contributed by atoms with Crippen LogP contribution < -0.4 is 10.2 Å². The van der Waals surface area contributed by atoms with Gasteiger partial charge >= 0.3 is 0 Å². The quantitative estimate of drug-likeness (QED) is 0.874. The third-order valence-electron chi connectivity index (χ3n) is 4.15. The summed E-state index contributed by atoms with van der Waals surface area (Å²) in [7, 11) is 0. The molecule has 0 radical (unpaired) electrons. The van der Waals surface area contributed by atoms with Crippen LogP contribution in [-0.2, 0) is 4.79 Å². The van der Waals surface area contributed by atoms with E-state index in [1.165, 1.54) is 0 Å². The minimum atomic E-state index is 0. The third-order valence-corrected chi connectivity index (χ3v) is 4.47. The van der Waals surface area contributed by atoms with Gasteiger partial charge in [0.25, 0.3) is 0 Å². The van der Waals surface area contributed by atoms with Crippen molar-refractivity contribution in [3.05, 3.63) is 29.3 Å². The van der Waals surface area contributed by atoms with Crippen LogP contribution in [-0.4, -0.2) is 49.6 Å². The summed E-state index contributed by atoms with van der Waals surface area (Å²) in [5, 5.41) is 3.99. The summed E-state index contributed by atoms with van der Waals surface area (Å²) in [4.78, 5) is 16.9. The number of nitrogens with zero attached hydrogens (tertiary/aromatic N) is 2. The van der Waals surface area contributed by atoms with Crippen molar-refractivity contribution < 1.29 is 4.79 Å². The molecule has 3 rings (SSSR count). The molecule has 1 atom stereocenters. The molecule has 0 aliphatic carbocycles. The van der Waals surface area contributed by atoms with Gasteiger partial charge in [0, 0.05) is 32.7 Å². The molecule has 2 saturated heterocycles. The van der Waals surface area contributed by atoms with Crippen LogP contribution in [0.4, 0.5) is 5.69 Å². The molecule has 4 nitrogen and oxygen atoms in total. The molecule has 2 heterocycles. The fraction of sp³-hybridized carbons (Fsp3) is 0.533. The lowest BCUT2D eigenvalue weighted by atomic mass is 10.0. The first-order valence-electron chi connectivity index (χ1n) is 7.28. The van der Waals surface area contributed by atoms with Crippen molar-refractivity contribution >= 4 is 48.0 Å². The second kappa shape index (κ2) is 8.94. The van der Waals surface area contributed by atoms with Crippen molar-refractivity contribution in [1.29, 1.82) is 0 Å². The molecule has 0 aromatic heterocycles. The maximum Gasteiger partial charge on any atom is 0.244 e. The lowest BCUT2D eigenvalue weighted by molar-refractivity contribution is -0.125. The Morgan fingerprint density at radius 3 is 2.45 bits per heavy atom. The van der Waals surface area contributed by atoms with Gasteiger partial charge in [-0.3, -0.25) is 9.69 Å². The molecule has 1 aromatic carbocycles. The normalized spacial score (nSPS) is 22.7. The molecule has 0 bridgehead atoms. The highest BCUT2D eigenvalue weighted by atomic mass is 35.5. The van der Waals surface area contributed by atoms with E-state index in [1.807, 2.05) is 29.2 Å². The number of benzene rings is 1. The first-order valence-corrected chi connectivity index (χ1v) is 7.66. The summed E-state index contributed by atoms with van der Waals surface area (Å²) >= 11 is 6.24. The Morgan fingerprint density at radius 1 is 1.09 bits per heavy atom. The highest BCUT2D eigenvalue weighted by Crippen LogP contribution is 2.29. The van der Waals surface area contributed by atoms with E-state index in [1.54, 1.807) is 0 Å². The number of rotatable bonds is 2. The summed E-state index contributed by atoms with van der Waals surface area (Å²) in [5.74, 6) is 0.200. The van der Waals surface area contributed by atoms with Gasteiger partial charge in [0.15, 0.2) is 0 Å². The van der Waals surface area contributed by atoms with Gasteiger partial charge < -0.3 is 10.2 Å². The second-order valence-corrected chi connectivity index (χ2v) is 5.79. The Hall–Kier alpha value is -0.520. The summed E-state index contributed by atoms with van der Waals surface area (Å²) in [6.45, 7) is 4.61. The first-order chi connectivity index (χ1) is 9.77. The molecule has 2 fully saturated rings. The van der Waals surface area contributed by atoms with Crippen molar-refractivity contribution in [2.45, 2.75) is 18.9 Å². The molecular weight excluding hydrogens is 345 g/mol. The minimum absolute atomic E-state index is 0. The minimum Gasteiger partial charge on any atom is -0.314 e. The predicted molar refractivity (Wildman–Crippen MR) is 95.8 cm³/mol. The first kappa shape index (κ1) is 19.5. The Bertz CT molecular complexity index is 495. The Kier molecular flexibility index (Phi) is 7.94. The third kappa shape index (κ3) is 4.06. The molecule has 0 saturated carbocycles. The molecule has 1 unspecified atom stereocenters. The monoisotopic (exact) mass is 365 g/mol. The topological polar surface area (TPSA) is 35.6 Å². The predicted octanol–water partition coefficient (Wildman–Crippen LogP) is 2.58. The number of hydrogen-bond donors (Lipinski definition) is 1. The van der Waals surface area contributed by atoms with Crippen molar-refractivity contribution in [3.8, 4) is 0 Å². The molecule has 2 aliphatic rings. The van der Waals surface area contributed by atoms with E-state index >= 15 is 0 Å². The SMILES string of the molecule is Cl.Cl.O=C1C(N2CCNCC2)CCCN1c1ccccc1Cl. The molecule has 1 amide bonds. The Balaban J connectivity index is 0.00000121. The zero-order chi connectivity index (χ0) is 13.9. The number of para-hydroxylation sites is 1. The zero-order valence-corrected chi connectivity index (χ0v) is 14.7. The molecule has 124 valence electrons. The van der Waals surface area contributed by atoms with Crippen molar-refractivity contribution in [1.82, 2.24) is 10.2 Å². The fourth-order valence-electron chi connectivity index (χ4n) is 3.10. The van der Waals surface area contributed by atoms with Crippen LogP contribution in [0.1, 0.15) is 12.8 Å². The van der Waals surface area contributed by atoms with Crippen molar-refractivity contribution in [3.63, 3.8) is 0 Å². The van der Waals surface area contributed by atoms with Crippen LogP contribution in [0, 0.1) is 0 Å². The molecule has 22 heavy (non-hydrogen) atoms. The zero-order valence-electron chi connectivity index (χ0n) is 12.3. The van der Waals surface area contributed by atoms with Gasteiger partial charge in [-0.05, 0) is 25.0 Å². The maximum atomic E-state index is 12.8. The number of carbonyl (C=O) groups excluding carboxylic acids is 1. The number of amides is 1. The van der Waals surface area contributed by atoms with E-state index in [2.05, 4.69) is 10.2 Å². The Morgan fingerprint density at radius 2 is 1.77 bits per heavy atom. The standard InChI is InChI=1S/C15H20ClN3O.2ClH/c16-12-4-1-2-5-13(12)19-9-3-6-14(15(19)20)18-10-7-17-8-11-18;;/h1-2,4-5,14,17H,3,6-11H2;2*1H. The van der Waals surface area contributed by atoms with Crippen molar-refractivity contribution in [2.75, 3.05) is 37.6 Å². The van der Waals surface area contributed by atoms with E-state index in [4.69, 9.17) is 11.6 Å². The van der Waals surface area contributed by atoms with Gasteiger partial charge in [0.05, 0.1) is 16.8 Å².